The highest BCUT2D eigenvalue weighted by Gasteiger charge is 2.19. The molecule has 16 heavy (non-hydrogen) atoms. The highest BCUT2D eigenvalue weighted by atomic mass is 79.9. The van der Waals surface area contributed by atoms with Crippen LogP contribution in [-0.2, 0) is 0 Å². The molecule has 2 aromatic rings. The molecule has 0 radical (unpaired) electrons. The molecule has 1 unspecified atom stereocenters. The van der Waals surface area contributed by atoms with Crippen molar-refractivity contribution in [3.63, 3.8) is 0 Å². The van der Waals surface area contributed by atoms with Crippen LogP contribution in [0.25, 0.3) is 0 Å². The van der Waals surface area contributed by atoms with Crippen molar-refractivity contribution in [1.29, 1.82) is 0 Å². The van der Waals surface area contributed by atoms with Crippen LogP contribution < -0.4 is 0 Å². The average Bonchev–Trinajstić information content (AvgIpc) is 2.58. The molecule has 1 aromatic heterocycles. The number of rotatable bonds is 2. The lowest BCUT2D eigenvalue weighted by Gasteiger charge is -2.09. The fraction of sp³-hybridized carbons (Fsp3) is 0.0909. The summed E-state index contributed by atoms with van der Waals surface area (Å²) in [5, 5.41) is -0.474. The molecular weight excluding hydrogens is 378 g/mol. The molecule has 1 aromatic carbocycles. The Bertz CT molecular complexity index is 512. The van der Waals surface area contributed by atoms with Crippen LogP contribution in [0.4, 0.5) is 4.39 Å². The number of hydrogen-bond donors (Lipinski definition) is 0. The predicted molar refractivity (Wildman–Crippen MR) is 73.8 cm³/mol. The second-order valence-electron chi connectivity index (χ2n) is 3.16. The Balaban J connectivity index is 2.43. The molecule has 0 aliphatic rings. The molecule has 2 rings (SSSR count). The molecule has 0 aliphatic heterocycles. The van der Waals surface area contributed by atoms with Crippen molar-refractivity contribution in [3.8, 4) is 0 Å². The smallest absolute Gasteiger partial charge is 0.128 e. The van der Waals surface area contributed by atoms with Gasteiger partial charge in [-0.3, -0.25) is 0 Å². The lowest BCUT2D eigenvalue weighted by molar-refractivity contribution is 0.612. The first-order valence-corrected chi connectivity index (χ1v) is 7.26. The Kier molecular flexibility index (Phi) is 4.06. The van der Waals surface area contributed by atoms with Crippen molar-refractivity contribution in [2.75, 3.05) is 0 Å². The molecule has 0 nitrogen and oxygen atoms in total. The van der Waals surface area contributed by atoms with Crippen LogP contribution in [0.5, 0.6) is 0 Å². The van der Waals surface area contributed by atoms with Crippen LogP contribution in [0.1, 0.15) is 16.5 Å². The summed E-state index contributed by atoms with van der Waals surface area (Å²) in [4.78, 5) is 0. The number of thiophene rings is 1. The summed E-state index contributed by atoms with van der Waals surface area (Å²) in [6.45, 7) is 0. The predicted octanol–water partition coefficient (Wildman–Crippen LogP) is 5.74. The molecule has 0 spiro atoms. The van der Waals surface area contributed by atoms with E-state index in [0.29, 0.717) is 5.56 Å². The maximum absolute atomic E-state index is 13.6. The van der Waals surface area contributed by atoms with E-state index in [1.165, 1.54) is 17.4 Å². The summed E-state index contributed by atoms with van der Waals surface area (Å²) in [5.74, 6) is -0.281. The minimum atomic E-state index is -0.474. The van der Waals surface area contributed by atoms with E-state index in [1.54, 1.807) is 18.2 Å². The lowest BCUT2D eigenvalue weighted by Crippen LogP contribution is -1.95. The van der Waals surface area contributed by atoms with Crippen molar-refractivity contribution >= 4 is 54.8 Å². The third-order valence-electron chi connectivity index (χ3n) is 2.13. The van der Waals surface area contributed by atoms with Crippen LogP contribution in [0.3, 0.4) is 0 Å². The molecule has 0 aliphatic carbocycles. The van der Waals surface area contributed by atoms with Gasteiger partial charge in [0, 0.05) is 11.1 Å². The number of alkyl halides is 1. The van der Waals surface area contributed by atoms with Crippen LogP contribution in [0, 0.1) is 5.82 Å². The molecule has 0 fully saturated rings. The van der Waals surface area contributed by atoms with Gasteiger partial charge in [0.15, 0.2) is 0 Å². The molecular formula is C11H6Br2ClFS. The second kappa shape index (κ2) is 5.17. The van der Waals surface area contributed by atoms with E-state index in [4.69, 9.17) is 11.6 Å². The number of halogens is 4. The largest absolute Gasteiger partial charge is 0.207 e. The zero-order valence-electron chi connectivity index (χ0n) is 7.88. The van der Waals surface area contributed by atoms with Crippen LogP contribution in [-0.4, -0.2) is 0 Å². The van der Waals surface area contributed by atoms with Crippen molar-refractivity contribution in [2.45, 2.75) is 5.38 Å². The topological polar surface area (TPSA) is 0 Å². The van der Waals surface area contributed by atoms with Gasteiger partial charge in [-0.2, -0.15) is 0 Å². The Labute approximate surface area is 119 Å². The zero-order valence-corrected chi connectivity index (χ0v) is 12.6. The SMILES string of the molecule is Fc1ccccc1C(Cl)c1cc(Br)sc1Br. The normalized spacial score (nSPS) is 12.8. The highest BCUT2D eigenvalue weighted by molar-refractivity contribution is 9.12. The van der Waals surface area contributed by atoms with E-state index >= 15 is 0 Å². The summed E-state index contributed by atoms with van der Waals surface area (Å²) in [6.07, 6.45) is 0. The second-order valence-corrected chi connectivity index (χ2v) is 7.35. The zero-order chi connectivity index (χ0) is 11.7. The average molecular weight is 384 g/mol. The Morgan fingerprint density at radius 3 is 2.44 bits per heavy atom. The Morgan fingerprint density at radius 1 is 1.19 bits per heavy atom. The lowest BCUT2D eigenvalue weighted by atomic mass is 10.1. The molecule has 0 amide bonds. The van der Waals surface area contributed by atoms with E-state index in [2.05, 4.69) is 31.9 Å². The van der Waals surface area contributed by atoms with Crippen LogP contribution in [0.15, 0.2) is 37.9 Å². The van der Waals surface area contributed by atoms with E-state index in [-0.39, 0.29) is 5.82 Å². The Morgan fingerprint density at radius 2 is 1.88 bits per heavy atom. The Hall–Kier alpha value is 0.1000. The fourth-order valence-electron chi connectivity index (χ4n) is 1.37. The monoisotopic (exact) mass is 382 g/mol. The van der Waals surface area contributed by atoms with Crippen molar-refractivity contribution in [2.24, 2.45) is 0 Å². The van der Waals surface area contributed by atoms with E-state index in [9.17, 15) is 4.39 Å². The number of benzene rings is 1. The molecule has 0 bridgehead atoms. The van der Waals surface area contributed by atoms with Crippen molar-refractivity contribution < 1.29 is 4.39 Å². The maximum atomic E-state index is 13.6. The standard InChI is InChI=1S/C11H6Br2ClFS/c12-9-5-7(11(13)16-9)10(14)6-3-1-2-4-8(6)15/h1-5,10H. The van der Waals surface area contributed by atoms with Gasteiger partial charge in [0.2, 0.25) is 0 Å². The third kappa shape index (κ3) is 2.50. The third-order valence-corrected chi connectivity index (χ3v) is 4.99. The van der Waals surface area contributed by atoms with Gasteiger partial charge in [-0.05, 0) is 44.0 Å². The first kappa shape index (κ1) is 12.6. The van der Waals surface area contributed by atoms with Gasteiger partial charge in [-0.25, -0.2) is 4.39 Å². The van der Waals surface area contributed by atoms with Crippen molar-refractivity contribution in [3.05, 3.63) is 54.8 Å². The summed E-state index contributed by atoms with van der Waals surface area (Å²) in [6, 6.07) is 8.45. The summed E-state index contributed by atoms with van der Waals surface area (Å²) < 4.78 is 15.4. The van der Waals surface area contributed by atoms with E-state index in [1.807, 2.05) is 6.07 Å². The molecule has 84 valence electrons. The molecule has 5 heteroatoms. The van der Waals surface area contributed by atoms with Gasteiger partial charge in [-0.15, -0.1) is 22.9 Å². The van der Waals surface area contributed by atoms with Gasteiger partial charge in [-0.1, -0.05) is 18.2 Å². The van der Waals surface area contributed by atoms with Gasteiger partial charge < -0.3 is 0 Å². The summed E-state index contributed by atoms with van der Waals surface area (Å²) in [7, 11) is 0. The molecule has 0 saturated heterocycles. The minimum Gasteiger partial charge on any atom is -0.207 e. The van der Waals surface area contributed by atoms with E-state index < -0.39 is 5.38 Å². The van der Waals surface area contributed by atoms with Gasteiger partial charge in [0.05, 0.1) is 12.9 Å². The number of hydrogen-bond acceptors (Lipinski definition) is 1. The minimum absolute atomic E-state index is 0.281. The van der Waals surface area contributed by atoms with Crippen molar-refractivity contribution in [1.82, 2.24) is 0 Å². The first-order valence-electron chi connectivity index (χ1n) is 4.43. The summed E-state index contributed by atoms with van der Waals surface area (Å²) >= 11 is 14.6. The van der Waals surface area contributed by atoms with Crippen LogP contribution >= 0.6 is 54.8 Å². The maximum Gasteiger partial charge on any atom is 0.128 e. The quantitative estimate of drug-likeness (QED) is 0.579. The molecule has 1 atom stereocenters. The van der Waals surface area contributed by atoms with Gasteiger partial charge in [0.25, 0.3) is 0 Å². The molecule has 1 heterocycles. The van der Waals surface area contributed by atoms with E-state index in [0.717, 1.165) is 13.1 Å². The van der Waals surface area contributed by atoms with Gasteiger partial charge >= 0.3 is 0 Å². The molecule has 0 N–H and O–H groups in total. The fourth-order valence-corrected chi connectivity index (χ4v) is 4.82. The summed E-state index contributed by atoms with van der Waals surface area (Å²) in [5.41, 5.74) is 1.37. The molecule has 0 saturated carbocycles. The highest BCUT2D eigenvalue weighted by Crippen LogP contribution is 2.41. The van der Waals surface area contributed by atoms with Crippen LogP contribution in [0.2, 0.25) is 0 Å². The first-order chi connectivity index (χ1) is 7.59. The van der Waals surface area contributed by atoms with Gasteiger partial charge in [0.1, 0.15) is 5.82 Å².